The van der Waals surface area contributed by atoms with Crippen LogP contribution in [0, 0.1) is 5.41 Å². The van der Waals surface area contributed by atoms with Crippen molar-refractivity contribution in [2.45, 2.75) is 37.7 Å². The molecule has 1 amide bonds. The van der Waals surface area contributed by atoms with Crippen molar-refractivity contribution >= 4 is 34.5 Å². The van der Waals surface area contributed by atoms with Gasteiger partial charge in [-0.2, -0.15) is 0 Å². The monoisotopic (exact) mass is 313 g/mol. The van der Waals surface area contributed by atoms with E-state index in [2.05, 4.69) is 5.32 Å². The molecule has 0 aromatic rings. The fraction of sp³-hybridized carbons (Fsp3) is 0.778. The molecule has 1 atom stereocenters. The zero-order chi connectivity index (χ0) is 11.4. The average molecular weight is 313 g/mol. The number of carboxylic acid groups (broad SMARTS) is 1. The number of carboxylic acids is 1. The first-order chi connectivity index (χ1) is 6.20. The van der Waals surface area contributed by atoms with E-state index in [1.54, 1.807) is 0 Å². The van der Waals surface area contributed by atoms with Crippen molar-refractivity contribution in [1.29, 1.82) is 0 Å². The molecule has 0 aromatic heterocycles. The van der Waals surface area contributed by atoms with Crippen LogP contribution in [-0.2, 0) is 9.59 Å². The second-order valence-corrected chi connectivity index (χ2v) is 5.87. The Morgan fingerprint density at radius 2 is 1.93 bits per heavy atom. The summed E-state index contributed by atoms with van der Waals surface area (Å²) in [7, 11) is 0. The molecule has 5 heteroatoms. The van der Waals surface area contributed by atoms with Crippen LogP contribution in [0.5, 0.6) is 0 Å². The lowest BCUT2D eigenvalue weighted by Crippen LogP contribution is -2.34. The molecule has 14 heavy (non-hydrogen) atoms. The third kappa shape index (κ3) is 8.28. The zero-order valence-corrected chi connectivity index (χ0v) is 10.8. The number of hydrogen-bond donors (Lipinski definition) is 2. The van der Waals surface area contributed by atoms with Crippen LogP contribution in [-0.4, -0.2) is 21.0 Å². The Labute approximate surface area is 97.6 Å². The fourth-order valence-electron chi connectivity index (χ4n) is 0.912. The van der Waals surface area contributed by atoms with Gasteiger partial charge in [0.15, 0.2) is 0 Å². The van der Waals surface area contributed by atoms with Crippen molar-refractivity contribution in [2.75, 3.05) is 0 Å². The largest absolute Gasteiger partial charge is 0.481 e. The quantitative estimate of drug-likeness (QED) is 0.472. The van der Waals surface area contributed by atoms with E-state index in [1.165, 1.54) is 0 Å². The van der Waals surface area contributed by atoms with Crippen LogP contribution in [0.4, 0.5) is 0 Å². The molecule has 0 spiro atoms. The molecule has 0 rings (SSSR count). The van der Waals surface area contributed by atoms with E-state index in [9.17, 15) is 9.59 Å². The molecule has 0 heterocycles. The average Bonchev–Trinajstić information content (AvgIpc) is 1.77. The first-order valence-corrected chi connectivity index (χ1v) is 5.60. The van der Waals surface area contributed by atoms with Crippen LogP contribution in [0.2, 0.25) is 0 Å². The van der Waals surface area contributed by atoms with E-state index in [4.69, 9.17) is 5.11 Å². The van der Waals surface area contributed by atoms with Crippen molar-refractivity contribution in [3.8, 4) is 0 Å². The number of carbonyl (C=O) groups excluding carboxylic acids is 1. The highest BCUT2D eigenvalue weighted by Gasteiger charge is 2.18. The van der Waals surface area contributed by atoms with Gasteiger partial charge in [-0.15, -0.1) is 0 Å². The van der Waals surface area contributed by atoms with Crippen molar-refractivity contribution in [1.82, 2.24) is 5.32 Å². The van der Waals surface area contributed by atoms with Gasteiger partial charge >= 0.3 is 5.97 Å². The van der Waals surface area contributed by atoms with E-state index in [-0.39, 0.29) is 21.8 Å². The van der Waals surface area contributed by atoms with Crippen molar-refractivity contribution in [3.05, 3.63) is 0 Å². The summed E-state index contributed by atoms with van der Waals surface area (Å²) in [6.07, 6.45) is 0.364. The summed E-state index contributed by atoms with van der Waals surface area (Å²) in [4.78, 5) is 21.7. The smallest absolute Gasteiger partial charge is 0.306 e. The highest BCUT2D eigenvalue weighted by Crippen LogP contribution is 2.18. The Morgan fingerprint density at radius 1 is 1.43 bits per heavy atom. The highest BCUT2D eigenvalue weighted by atomic mass is 127. The van der Waals surface area contributed by atoms with Crippen molar-refractivity contribution in [3.63, 3.8) is 0 Å². The number of rotatable bonds is 4. The van der Waals surface area contributed by atoms with Crippen LogP contribution < -0.4 is 5.32 Å². The van der Waals surface area contributed by atoms with Crippen LogP contribution in [0.3, 0.4) is 0 Å². The molecule has 0 aromatic carbocycles. The van der Waals surface area contributed by atoms with E-state index < -0.39 is 5.97 Å². The maximum absolute atomic E-state index is 11.3. The van der Waals surface area contributed by atoms with Gasteiger partial charge in [-0.1, -0.05) is 43.4 Å². The Morgan fingerprint density at radius 3 is 2.29 bits per heavy atom. The Hall–Kier alpha value is -0.330. The number of hydrogen-bond acceptors (Lipinski definition) is 2. The standard InChI is InChI=1S/C9H16INO3/c1-9(2,3)5-7(12)11-6(10)4-8(13)14/h6H,4-5H2,1-3H3,(H,11,12)(H,13,14). The molecular formula is C9H16INO3. The first-order valence-electron chi connectivity index (χ1n) is 4.36. The number of aliphatic carboxylic acids is 1. The van der Waals surface area contributed by atoms with Crippen molar-refractivity contribution in [2.24, 2.45) is 5.41 Å². The molecule has 0 radical (unpaired) electrons. The predicted molar refractivity (Wildman–Crippen MR) is 62.3 cm³/mol. The number of carbonyl (C=O) groups is 2. The third-order valence-electron chi connectivity index (χ3n) is 1.36. The van der Waals surface area contributed by atoms with E-state index >= 15 is 0 Å². The molecule has 0 bridgehead atoms. The van der Waals surface area contributed by atoms with Crippen LogP contribution in [0.25, 0.3) is 0 Å². The summed E-state index contributed by atoms with van der Waals surface area (Å²) in [5, 5.41) is 11.1. The minimum absolute atomic E-state index is 0.0452. The summed E-state index contributed by atoms with van der Waals surface area (Å²) in [5.74, 6) is -1.00. The lowest BCUT2D eigenvalue weighted by atomic mass is 9.92. The summed E-state index contributed by atoms with van der Waals surface area (Å²) in [5.41, 5.74) is -0.0658. The van der Waals surface area contributed by atoms with E-state index in [1.807, 2.05) is 43.4 Å². The molecule has 0 saturated carbocycles. The van der Waals surface area contributed by atoms with Crippen LogP contribution >= 0.6 is 22.6 Å². The molecule has 0 aliphatic rings. The molecule has 0 aliphatic carbocycles. The molecule has 2 N–H and O–H groups in total. The first kappa shape index (κ1) is 13.7. The minimum atomic E-state index is -0.902. The second kappa shape index (κ2) is 5.53. The molecule has 0 saturated heterocycles. The second-order valence-electron chi connectivity index (χ2n) is 4.37. The number of halogens is 1. The highest BCUT2D eigenvalue weighted by molar-refractivity contribution is 14.1. The number of alkyl halides is 1. The van der Waals surface area contributed by atoms with Gasteiger partial charge in [0.2, 0.25) is 5.91 Å². The minimum Gasteiger partial charge on any atom is -0.481 e. The summed E-state index contributed by atoms with van der Waals surface area (Å²) >= 11 is 1.91. The zero-order valence-electron chi connectivity index (χ0n) is 8.63. The summed E-state index contributed by atoms with van der Waals surface area (Å²) < 4.78 is -0.333. The summed E-state index contributed by atoms with van der Waals surface area (Å²) in [6.45, 7) is 5.89. The van der Waals surface area contributed by atoms with E-state index in [0.29, 0.717) is 6.42 Å². The molecule has 0 fully saturated rings. The fourth-order valence-corrected chi connectivity index (χ4v) is 1.64. The molecule has 4 nitrogen and oxygen atoms in total. The van der Waals surface area contributed by atoms with Crippen LogP contribution in [0.15, 0.2) is 0 Å². The number of amides is 1. The normalized spacial score (nSPS) is 13.4. The molecule has 1 unspecified atom stereocenters. The van der Waals surface area contributed by atoms with Gasteiger partial charge in [0.05, 0.1) is 10.5 Å². The lowest BCUT2D eigenvalue weighted by molar-refractivity contribution is -0.137. The van der Waals surface area contributed by atoms with Gasteiger partial charge in [0, 0.05) is 6.42 Å². The number of nitrogens with one attached hydrogen (secondary N) is 1. The Balaban J connectivity index is 3.89. The Kier molecular flexibility index (Phi) is 5.40. The van der Waals surface area contributed by atoms with Gasteiger partial charge < -0.3 is 10.4 Å². The molecular weight excluding hydrogens is 297 g/mol. The van der Waals surface area contributed by atoms with Crippen LogP contribution in [0.1, 0.15) is 33.6 Å². The maximum Gasteiger partial charge on any atom is 0.306 e. The predicted octanol–water partition coefficient (Wildman–Crippen LogP) is 1.77. The Bertz CT molecular complexity index is 223. The van der Waals surface area contributed by atoms with Gasteiger partial charge in [-0.3, -0.25) is 9.59 Å². The van der Waals surface area contributed by atoms with Gasteiger partial charge in [-0.05, 0) is 5.41 Å². The lowest BCUT2D eigenvalue weighted by Gasteiger charge is -2.18. The molecule has 0 aliphatic heterocycles. The molecule has 82 valence electrons. The summed E-state index contributed by atoms with van der Waals surface area (Å²) in [6, 6.07) is 0. The van der Waals surface area contributed by atoms with Gasteiger partial charge in [-0.25, -0.2) is 0 Å². The van der Waals surface area contributed by atoms with Gasteiger partial charge in [0.1, 0.15) is 0 Å². The van der Waals surface area contributed by atoms with E-state index in [0.717, 1.165) is 0 Å². The maximum atomic E-state index is 11.3. The van der Waals surface area contributed by atoms with Gasteiger partial charge in [0.25, 0.3) is 0 Å². The van der Waals surface area contributed by atoms with Crippen molar-refractivity contribution < 1.29 is 14.7 Å². The third-order valence-corrected chi connectivity index (χ3v) is 2.11. The topological polar surface area (TPSA) is 66.4 Å². The SMILES string of the molecule is CC(C)(C)CC(=O)NC(I)CC(=O)O.